The third-order valence-corrected chi connectivity index (χ3v) is 5.31. The Morgan fingerprint density at radius 2 is 2.16 bits per heavy atom. The van der Waals surface area contributed by atoms with Crippen LogP contribution in [0.5, 0.6) is 0 Å². The summed E-state index contributed by atoms with van der Waals surface area (Å²) in [5.74, 6) is 0. The zero-order valence-corrected chi connectivity index (χ0v) is 12.2. The molecule has 2 rings (SSSR count). The van der Waals surface area contributed by atoms with Crippen LogP contribution in [0.15, 0.2) is 29.2 Å². The Morgan fingerprint density at radius 1 is 1.42 bits per heavy atom. The minimum absolute atomic E-state index is 0.0569. The van der Waals surface area contributed by atoms with E-state index in [1.165, 1.54) is 6.07 Å². The van der Waals surface area contributed by atoms with Gasteiger partial charge >= 0.3 is 0 Å². The summed E-state index contributed by atoms with van der Waals surface area (Å²) in [5.41, 5.74) is 6.15. The molecule has 19 heavy (non-hydrogen) atoms. The molecular weight excluding hydrogens is 262 g/mol. The summed E-state index contributed by atoms with van der Waals surface area (Å²) in [6, 6.07) is 6.57. The molecule has 106 valence electrons. The number of rotatable bonds is 4. The highest BCUT2D eigenvalue weighted by Gasteiger charge is 2.35. The standard InChI is InChI=1S/C13H21N3O2S/c1-15(2)10-12-6-4-8-16(12)19(17,18)13-7-3-5-11(14)9-13/h3,5,7,9,12H,4,6,8,10,14H2,1-2H3. The molecule has 2 N–H and O–H groups in total. The largest absolute Gasteiger partial charge is 0.399 e. The van der Waals surface area contributed by atoms with E-state index in [-0.39, 0.29) is 10.9 Å². The molecular formula is C13H21N3O2S. The summed E-state index contributed by atoms with van der Waals surface area (Å²) < 4.78 is 26.9. The van der Waals surface area contributed by atoms with Crippen molar-refractivity contribution in [3.8, 4) is 0 Å². The van der Waals surface area contributed by atoms with E-state index in [9.17, 15) is 8.42 Å². The van der Waals surface area contributed by atoms with Gasteiger partial charge in [-0.1, -0.05) is 6.07 Å². The van der Waals surface area contributed by atoms with Gasteiger partial charge in [-0.2, -0.15) is 4.31 Å². The van der Waals surface area contributed by atoms with Crippen molar-refractivity contribution in [1.29, 1.82) is 0 Å². The van der Waals surface area contributed by atoms with E-state index in [0.29, 0.717) is 12.2 Å². The first-order chi connectivity index (χ1) is 8.91. The number of hydrogen-bond donors (Lipinski definition) is 1. The van der Waals surface area contributed by atoms with Gasteiger partial charge in [-0.05, 0) is 45.1 Å². The highest BCUT2D eigenvalue weighted by atomic mass is 32.2. The van der Waals surface area contributed by atoms with E-state index in [2.05, 4.69) is 0 Å². The van der Waals surface area contributed by atoms with Crippen LogP contribution >= 0.6 is 0 Å². The van der Waals surface area contributed by atoms with Gasteiger partial charge in [0.05, 0.1) is 4.90 Å². The average molecular weight is 283 g/mol. The van der Waals surface area contributed by atoms with Crippen molar-refractivity contribution in [2.45, 2.75) is 23.8 Å². The summed E-state index contributed by atoms with van der Waals surface area (Å²) >= 11 is 0. The Morgan fingerprint density at radius 3 is 2.79 bits per heavy atom. The third kappa shape index (κ3) is 3.08. The fourth-order valence-corrected chi connectivity index (χ4v) is 4.28. The molecule has 1 aliphatic rings. The van der Waals surface area contributed by atoms with Crippen LogP contribution in [0.1, 0.15) is 12.8 Å². The maximum absolute atomic E-state index is 12.6. The number of nitrogen functional groups attached to an aromatic ring is 1. The molecule has 1 saturated heterocycles. The van der Waals surface area contributed by atoms with Gasteiger partial charge in [-0.15, -0.1) is 0 Å². The van der Waals surface area contributed by atoms with E-state index in [4.69, 9.17) is 5.73 Å². The second kappa shape index (κ2) is 5.48. The van der Waals surface area contributed by atoms with Gasteiger partial charge in [0.15, 0.2) is 0 Å². The van der Waals surface area contributed by atoms with E-state index >= 15 is 0 Å². The highest BCUT2D eigenvalue weighted by molar-refractivity contribution is 7.89. The first kappa shape index (κ1) is 14.3. The molecule has 1 aromatic rings. The van der Waals surface area contributed by atoms with Crippen LogP contribution in [0, 0.1) is 0 Å². The van der Waals surface area contributed by atoms with E-state index < -0.39 is 10.0 Å². The van der Waals surface area contributed by atoms with Crippen LogP contribution in [0.25, 0.3) is 0 Å². The predicted octanol–water partition coefficient (Wildman–Crippen LogP) is 0.983. The van der Waals surface area contributed by atoms with Crippen LogP contribution < -0.4 is 5.73 Å². The molecule has 0 aromatic heterocycles. The summed E-state index contributed by atoms with van der Waals surface area (Å²) in [6.45, 7) is 1.34. The number of likely N-dealkylation sites (N-methyl/N-ethyl adjacent to an activating group) is 1. The van der Waals surface area contributed by atoms with Crippen molar-refractivity contribution in [1.82, 2.24) is 9.21 Å². The lowest BCUT2D eigenvalue weighted by Gasteiger charge is -2.26. The van der Waals surface area contributed by atoms with Gasteiger partial charge in [-0.3, -0.25) is 0 Å². The zero-order chi connectivity index (χ0) is 14.0. The molecule has 1 fully saturated rings. The lowest BCUT2D eigenvalue weighted by Crippen LogP contribution is -2.41. The molecule has 0 spiro atoms. The fourth-order valence-electron chi connectivity index (χ4n) is 2.54. The Bertz CT molecular complexity index is 543. The Balaban J connectivity index is 2.28. The molecule has 1 aromatic carbocycles. The maximum Gasteiger partial charge on any atom is 0.243 e. The zero-order valence-electron chi connectivity index (χ0n) is 11.4. The normalized spacial score (nSPS) is 21.1. The quantitative estimate of drug-likeness (QED) is 0.837. The first-order valence-corrected chi connectivity index (χ1v) is 7.87. The molecule has 5 nitrogen and oxygen atoms in total. The molecule has 0 radical (unpaired) electrons. The molecule has 1 heterocycles. The second-order valence-corrected chi connectivity index (χ2v) is 7.14. The lowest BCUT2D eigenvalue weighted by atomic mass is 10.2. The molecule has 0 bridgehead atoms. The second-order valence-electron chi connectivity index (χ2n) is 5.25. The molecule has 0 saturated carbocycles. The molecule has 1 unspecified atom stereocenters. The Kier molecular flexibility index (Phi) is 4.13. The van der Waals surface area contributed by atoms with Crippen molar-refractivity contribution in [2.24, 2.45) is 0 Å². The number of nitrogens with zero attached hydrogens (tertiary/aromatic N) is 2. The number of benzene rings is 1. The lowest BCUT2D eigenvalue weighted by molar-refractivity contribution is 0.291. The predicted molar refractivity (Wildman–Crippen MR) is 76.3 cm³/mol. The Labute approximate surface area is 115 Å². The first-order valence-electron chi connectivity index (χ1n) is 6.43. The average Bonchev–Trinajstić information content (AvgIpc) is 2.77. The van der Waals surface area contributed by atoms with Crippen LogP contribution in [0.3, 0.4) is 0 Å². The third-order valence-electron chi connectivity index (χ3n) is 3.36. The number of nitrogens with two attached hydrogens (primary N) is 1. The number of anilines is 1. The van der Waals surface area contributed by atoms with Crippen molar-refractivity contribution >= 4 is 15.7 Å². The van der Waals surface area contributed by atoms with Gasteiger partial charge in [0.1, 0.15) is 0 Å². The highest BCUT2D eigenvalue weighted by Crippen LogP contribution is 2.27. The SMILES string of the molecule is CN(C)CC1CCCN1S(=O)(=O)c1cccc(N)c1. The van der Waals surface area contributed by atoms with Crippen LogP contribution in [-0.2, 0) is 10.0 Å². The molecule has 0 aliphatic carbocycles. The van der Waals surface area contributed by atoms with Crippen molar-refractivity contribution in [3.63, 3.8) is 0 Å². The Hall–Kier alpha value is -1.11. The smallest absolute Gasteiger partial charge is 0.243 e. The van der Waals surface area contributed by atoms with Gasteiger partial charge in [0.2, 0.25) is 10.0 Å². The molecule has 6 heteroatoms. The fraction of sp³-hybridized carbons (Fsp3) is 0.538. The van der Waals surface area contributed by atoms with Gasteiger partial charge < -0.3 is 10.6 Å². The maximum atomic E-state index is 12.6. The summed E-state index contributed by atoms with van der Waals surface area (Å²) in [5, 5.41) is 0. The summed E-state index contributed by atoms with van der Waals surface area (Å²) in [7, 11) is 0.495. The monoisotopic (exact) mass is 283 g/mol. The topological polar surface area (TPSA) is 66.6 Å². The van der Waals surface area contributed by atoms with E-state index in [1.54, 1.807) is 22.5 Å². The van der Waals surface area contributed by atoms with Crippen molar-refractivity contribution in [3.05, 3.63) is 24.3 Å². The van der Waals surface area contributed by atoms with E-state index in [0.717, 1.165) is 19.4 Å². The summed E-state index contributed by atoms with van der Waals surface area (Å²) in [4.78, 5) is 2.32. The van der Waals surface area contributed by atoms with Crippen LogP contribution in [-0.4, -0.2) is 50.8 Å². The van der Waals surface area contributed by atoms with Gasteiger partial charge in [-0.25, -0.2) is 8.42 Å². The van der Waals surface area contributed by atoms with Gasteiger partial charge in [0, 0.05) is 24.8 Å². The number of hydrogen-bond acceptors (Lipinski definition) is 4. The van der Waals surface area contributed by atoms with Crippen molar-refractivity contribution in [2.75, 3.05) is 32.9 Å². The minimum atomic E-state index is -3.43. The minimum Gasteiger partial charge on any atom is -0.399 e. The van der Waals surface area contributed by atoms with Crippen LogP contribution in [0.2, 0.25) is 0 Å². The molecule has 1 atom stereocenters. The van der Waals surface area contributed by atoms with Gasteiger partial charge in [0.25, 0.3) is 0 Å². The molecule has 1 aliphatic heterocycles. The molecule has 0 amide bonds. The number of sulfonamides is 1. The van der Waals surface area contributed by atoms with Crippen molar-refractivity contribution < 1.29 is 8.42 Å². The van der Waals surface area contributed by atoms with Crippen LogP contribution in [0.4, 0.5) is 5.69 Å². The summed E-state index contributed by atoms with van der Waals surface area (Å²) in [6.07, 6.45) is 1.83. The van der Waals surface area contributed by atoms with E-state index in [1.807, 2.05) is 19.0 Å².